The topological polar surface area (TPSA) is 46.2 Å². The number of carbonyl (C=O) groups excluding carboxylic acids is 2. The van der Waals surface area contributed by atoms with Crippen molar-refractivity contribution in [2.45, 2.75) is 25.7 Å². The predicted octanol–water partition coefficient (Wildman–Crippen LogP) is 2.69. The minimum Gasteiger partial charge on any atom is -0.326 e. The monoisotopic (exact) mass is 229 g/mol. The Labute approximate surface area is 101 Å². The number of nitrogens with one attached hydrogen (secondary N) is 1. The number of carbonyl (C=O) groups is 2. The van der Waals surface area contributed by atoms with Crippen LogP contribution >= 0.6 is 0 Å². The summed E-state index contributed by atoms with van der Waals surface area (Å²) in [6.07, 6.45) is 4.22. The summed E-state index contributed by atoms with van der Waals surface area (Å²) >= 11 is 0. The lowest BCUT2D eigenvalue weighted by Gasteiger charge is -2.04. The highest BCUT2D eigenvalue weighted by Crippen LogP contribution is 2.19. The maximum Gasteiger partial charge on any atom is 0.224 e. The molecule has 0 atom stereocenters. The highest BCUT2D eigenvalue weighted by Gasteiger charge is 2.12. The minimum atomic E-state index is -0.00329. The Morgan fingerprint density at radius 3 is 2.59 bits per heavy atom. The number of para-hydroxylation sites is 1. The number of amides is 1. The van der Waals surface area contributed by atoms with Crippen LogP contribution in [0, 0.1) is 0 Å². The van der Waals surface area contributed by atoms with E-state index in [0.717, 1.165) is 17.7 Å². The molecule has 0 fully saturated rings. The summed E-state index contributed by atoms with van der Waals surface area (Å²) in [5, 5.41) is 2.83. The van der Waals surface area contributed by atoms with E-state index in [1.54, 1.807) is 6.08 Å². The second-order valence-corrected chi connectivity index (χ2v) is 4.18. The second-order valence-electron chi connectivity index (χ2n) is 4.18. The van der Waals surface area contributed by atoms with Crippen LogP contribution in [0.5, 0.6) is 0 Å². The molecule has 0 aromatic heterocycles. The molecule has 1 aliphatic rings. The summed E-state index contributed by atoms with van der Waals surface area (Å²) in [6.45, 7) is 0. The Morgan fingerprint density at radius 1 is 1.18 bits per heavy atom. The van der Waals surface area contributed by atoms with Crippen LogP contribution in [0.2, 0.25) is 0 Å². The lowest BCUT2D eigenvalue weighted by molar-refractivity contribution is -0.116. The van der Waals surface area contributed by atoms with Crippen molar-refractivity contribution < 1.29 is 9.59 Å². The summed E-state index contributed by atoms with van der Waals surface area (Å²) < 4.78 is 0. The molecule has 0 saturated heterocycles. The first-order chi connectivity index (χ1) is 8.24. The van der Waals surface area contributed by atoms with Gasteiger partial charge in [0.05, 0.1) is 0 Å². The molecule has 0 saturated carbocycles. The Bertz CT molecular complexity index is 449. The summed E-state index contributed by atoms with van der Waals surface area (Å²) in [5.41, 5.74) is 1.91. The van der Waals surface area contributed by atoms with E-state index in [1.807, 2.05) is 30.3 Å². The van der Waals surface area contributed by atoms with E-state index in [1.165, 1.54) is 0 Å². The molecule has 17 heavy (non-hydrogen) atoms. The van der Waals surface area contributed by atoms with Crippen molar-refractivity contribution in [1.82, 2.24) is 0 Å². The van der Waals surface area contributed by atoms with Crippen molar-refractivity contribution in [1.29, 1.82) is 0 Å². The van der Waals surface area contributed by atoms with Crippen molar-refractivity contribution in [2.24, 2.45) is 0 Å². The Balaban J connectivity index is 1.79. The minimum absolute atomic E-state index is 0.00329. The van der Waals surface area contributed by atoms with Crippen molar-refractivity contribution in [2.75, 3.05) is 5.32 Å². The third-order valence-corrected chi connectivity index (χ3v) is 2.79. The molecule has 1 amide bonds. The molecular formula is C14H15NO2. The van der Waals surface area contributed by atoms with Crippen LogP contribution in [0.3, 0.4) is 0 Å². The summed E-state index contributed by atoms with van der Waals surface area (Å²) in [6, 6.07) is 9.39. The van der Waals surface area contributed by atoms with Crippen molar-refractivity contribution >= 4 is 17.4 Å². The maximum atomic E-state index is 11.6. The highest BCUT2D eigenvalue weighted by atomic mass is 16.1. The normalized spacial score (nSPS) is 14.6. The molecule has 0 bridgehead atoms. The van der Waals surface area contributed by atoms with Gasteiger partial charge >= 0.3 is 0 Å². The number of hydrogen-bond donors (Lipinski definition) is 1. The predicted molar refractivity (Wildman–Crippen MR) is 66.6 cm³/mol. The first kappa shape index (κ1) is 11.6. The van der Waals surface area contributed by atoms with Crippen LogP contribution in [0.25, 0.3) is 0 Å². The van der Waals surface area contributed by atoms with E-state index in [-0.39, 0.29) is 11.7 Å². The molecular weight excluding hydrogens is 214 g/mol. The molecule has 0 unspecified atom stereocenters. The molecule has 88 valence electrons. The quantitative estimate of drug-likeness (QED) is 0.862. The molecule has 0 aliphatic heterocycles. The zero-order chi connectivity index (χ0) is 12.1. The number of hydrogen-bond acceptors (Lipinski definition) is 2. The molecule has 0 heterocycles. The molecule has 1 aliphatic carbocycles. The first-order valence-electron chi connectivity index (χ1n) is 5.81. The van der Waals surface area contributed by atoms with Gasteiger partial charge in [-0.1, -0.05) is 23.8 Å². The Morgan fingerprint density at radius 2 is 1.94 bits per heavy atom. The fourth-order valence-electron chi connectivity index (χ4n) is 1.87. The third-order valence-electron chi connectivity index (χ3n) is 2.79. The number of benzene rings is 1. The largest absolute Gasteiger partial charge is 0.326 e. The Hall–Kier alpha value is -1.90. The lowest BCUT2D eigenvalue weighted by Crippen LogP contribution is -2.11. The van der Waals surface area contributed by atoms with Crippen LogP contribution in [0.1, 0.15) is 25.7 Å². The van der Waals surface area contributed by atoms with Gasteiger partial charge < -0.3 is 5.32 Å². The smallest absolute Gasteiger partial charge is 0.224 e. The molecule has 0 spiro atoms. The zero-order valence-electron chi connectivity index (χ0n) is 9.61. The van der Waals surface area contributed by atoms with Crippen LogP contribution < -0.4 is 5.32 Å². The van der Waals surface area contributed by atoms with Gasteiger partial charge in [-0.2, -0.15) is 0 Å². The molecule has 2 rings (SSSR count). The average molecular weight is 229 g/mol. The van der Waals surface area contributed by atoms with Gasteiger partial charge in [-0.25, -0.2) is 0 Å². The molecule has 1 N–H and O–H groups in total. The van der Waals surface area contributed by atoms with Crippen LogP contribution in [-0.4, -0.2) is 11.7 Å². The van der Waals surface area contributed by atoms with Gasteiger partial charge in [0.2, 0.25) is 5.91 Å². The molecule has 0 radical (unpaired) electrons. The van der Waals surface area contributed by atoms with Gasteiger partial charge in [0.1, 0.15) is 0 Å². The first-order valence-corrected chi connectivity index (χ1v) is 5.81. The van der Waals surface area contributed by atoms with E-state index in [0.29, 0.717) is 19.3 Å². The van der Waals surface area contributed by atoms with E-state index in [9.17, 15) is 9.59 Å². The van der Waals surface area contributed by atoms with Crippen molar-refractivity contribution in [3.63, 3.8) is 0 Å². The van der Waals surface area contributed by atoms with E-state index >= 15 is 0 Å². The fourth-order valence-corrected chi connectivity index (χ4v) is 1.87. The summed E-state index contributed by atoms with van der Waals surface area (Å²) in [4.78, 5) is 22.6. The van der Waals surface area contributed by atoms with E-state index in [4.69, 9.17) is 0 Å². The second kappa shape index (κ2) is 5.43. The third kappa shape index (κ3) is 3.55. The van der Waals surface area contributed by atoms with Gasteiger partial charge in [-0.15, -0.1) is 0 Å². The number of ketones is 1. The summed E-state index contributed by atoms with van der Waals surface area (Å²) in [5.74, 6) is 0.180. The number of anilines is 1. The standard InChI is InChI=1S/C14H15NO2/c16-13-8-6-11(10-13)7-9-14(17)15-12-4-2-1-3-5-12/h1-5,10H,6-9H2,(H,15,17). The SMILES string of the molecule is O=C1C=C(CCC(=O)Nc2ccccc2)CC1. The summed E-state index contributed by atoms with van der Waals surface area (Å²) in [7, 11) is 0. The zero-order valence-corrected chi connectivity index (χ0v) is 9.61. The highest BCUT2D eigenvalue weighted by molar-refractivity contribution is 5.94. The van der Waals surface area contributed by atoms with E-state index < -0.39 is 0 Å². The van der Waals surface area contributed by atoms with E-state index in [2.05, 4.69) is 5.32 Å². The van der Waals surface area contributed by atoms with Gasteiger partial charge in [0.15, 0.2) is 5.78 Å². The molecule has 1 aromatic carbocycles. The fraction of sp³-hybridized carbons (Fsp3) is 0.286. The molecule has 3 heteroatoms. The number of allylic oxidation sites excluding steroid dienone is 2. The van der Waals surface area contributed by atoms with Crippen molar-refractivity contribution in [3.8, 4) is 0 Å². The van der Waals surface area contributed by atoms with Gasteiger partial charge in [0, 0.05) is 18.5 Å². The lowest BCUT2D eigenvalue weighted by atomic mass is 10.1. The number of rotatable bonds is 4. The molecule has 1 aromatic rings. The Kier molecular flexibility index (Phi) is 3.70. The van der Waals surface area contributed by atoms with Crippen LogP contribution in [0.4, 0.5) is 5.69 Å². The molecule has 3 nitrogen and oxygen atoms in total. The van der Waals surface area contributed by atoms with Gasteiger partial charge in [0.25, 0.3) is 0 Å². The maximum absolute atomic E-state index is 11.6. The van der Waals surface area contributed by atoms with Crippen molar-refractivity contribution in [3.05, 3.63) is 42.0 Å². The van der Waals surface area contributed by atoms with Gasteiger partial charge in [-0.3, -0.25) is 9.59 Å². The van der Waals surface area contributed by atoms with Crippen LogP contribution in [0.15, 0.2) is 42.0 Å². The average Bonchev–Trinajstić information content (AvgIpc) is 2.74. The van der Waals surface area contributed by atoms with Crippen LogP contribution in [-0.2, 0) is 9.59 Å². The van der Waals surface area contributed by atoms with Gasteiger partial charge in [-0.05, 0) is 31.1 Å².